The average Bonchev–Trinajstić information content (AvgIpc) is 2.46. The minimum Gasteiger partial charge on any atom is -0.390 e. The van der Waals surface area contributed by atoms with Crippen molar-refractivity contribution in [2.24, 2.45) is 5.92 Å². The van der Waals surface area contributed by atoms with Crippen molar-refractivity contribution in [1.29, 1.82) is 0 Å². The van der Waals surface area contributed by atoms with E-state index in [1.54, 1.807) is 0 Å². The lowest BCUT2D eigenvalue weighted by Crippen LogP contribution is -2.35. The molecule has 0 radical (unpaired) electrons. The molecule has 0 unspecified atom stereocenters. The van der Waals surface area contributed by atoms with E-state index < -0.39 is 0 Å². The maximum atomic E-state index is 9.14. The van der Waals surface area contributed by atoms with Gasteiger partial charge in [0, 0.05) is 13.1 Å². The quantitative estimate of drug-likeness (QED) is 0.890. The molecule has 1 N–H and O–H groups in total. The molecular weight excluding hydrogens is 224 g/mol. The predicted molar refractivity (Wildman–Crippen MR) is 74.6 cm³/mol. The molecule has 1 aliphatic rings. The van der Waals surface area contributed by atoms with Crippen LogP contribution in [0.5, 0.6) is 0 Å². The number of nitrogens with zero attached hydrogens (tertiary/aromatic N) is 2. The van der Waals surface area contributed by atoms with Gasteiger partial charge in [0.1, 0.15) is 5.82 Å². The molecule has 18 heavy (non-hydrogen) atoms. The molecule has 1 fully saturated rings. The van der Waals surface area contributed by atoms with Crippen LogP contribution >= 0.6 is 0 Å². The predicted octanol–water partition coefficient (Wildman–Crippen LogP) is 2.98. The maximum absolute atomic E-state index is 9.14. The summed E-state index contributed by atoms with van der Waals surface area (Å²) in [7, 11) is 2.13. The molecule has 0 spiro atoms. The smallest absolute Gasteiger partial charge is 0.128 e. The Bertz CT molecular complexity index is 373. The first-order valence-electron chi connectivity index (χ1n) is 7.04. The van der Waals surface area contributed by atoms with Gasteiger partial charge in [0.05, 0.1) is 12.3 Å². The third kappa shape index (κ3) is 3.02. The summed E-state index contributed by atoms with van der Waals surface area (Å²) in [5.74, 6) is 1.91. The second-order valence-corrected chi connectivity index (χ2v) is 5.34. The molecule has 2 rings (SSSR count). The van der Waals surface area contributed by atoms with E-state index in [4.69, 9.17) is 5.11 Å². The van der Waals surface area contributed by atoms with Crippen LogP contribution in [0.1, 0.15) is 44.7 Å². The summed E-state index contributed by atoms with van der Waals surface area (Å²) in [4.78, 5) is 6.76. The first-order valence-corrected chi connectivity index (χ1v) is 7.04. The minimum absolute atomic E-state index is 0.0181. The molecule has 0 aromatic carbocycles. The van der Waals surface area contributed by atoms with Gasteiger partial charge in [-0.3, -0.25) is 0 Å². The monoisotopic (exact) mass is 248 g/mol. The van der Waals surface area contributed by atoms with E-state index in [0.29, 0.717) is 6.04 Å². The number of aliphatic hydroxyl groups excluding tert-OH is 1. The fraction of sp³-hybridized carbons (Fsp3) is 0.667. The first-order chi connectivity index (χ1) is 8.74. The van der Waals surface area contributed by atoms with Crippen LogP contribution in [-0.4, -0.2) is 23.2 Å². The van der Waals surface area contributed by atoms with Crippen molar-refractivity contribution in [2.75, 3.05) is 11.9 Å². The van der Waals surface area contributed by atoms with Gasteiger partial charge in [0.25, 0.3) is 0 Å². The minimum atomic E-state index is 0.0181. The molecule has 0 atom stereocenters. The Balaban J connectivity index is 2.00. The van der Waals surface area contributed by atoms with Crippen molar-refractivity contribution in [3.05, 3.63) is 23.9 Å². The second-order valence-electron chi connectivity index (χ2n) is 5.34. The van der Waals surface area contributed by atoms with Crippen molar-refractivity contribution < 1.29 is 5.11 Å². The van der Waals surface area contributed by atoms with E-state index in [0.717, 1.165) is 17.4 Å². The van der Waals surface area contributed by atoms with Gasteiger partial charge in [-0.15, -0.1) is 0 Å². The summed E-state index contributed by atoms with van der Waals surface area (Å²) in [6, 6.07) is 6.48. The zero-order chi connectivity index (χ0) is 13.0. The number of pyridine rings is 1. The van der Waals surface area contributed by atoms with Crippen molar-refractivity contribution >= 4 is 5.82 Å². The number of hydrogen-bond acceptors (Lipinski definition) is 3. The van der Waals surface area contributed by atoms with Gasteiger partial charge in [-0.2, -0.15) is 0 Å². The molecule has 1 aliphatic carbocycles. The summed E-state index contributed by atoms with van der Waals surface area (Å²) in [6.07, 6.45) is 6.52. The molecule has 1 aromatic heterocycles. The Hall–Kier alpha value is -1.09. The highest BCUT2D eigenvalue weighted by Gasteiger charge is 2.23. The molecule has 0 bridgehead atoms. The van der Waals surface area contributed by atoms with Gasteiger partial charge >= 0.3 is 0 Å². The highest BCUT2D eigenvalue weighted by atomic mass is 16.3. The van der Waals surface area contributed by atoms with Crippen molar-refractivity contribution in [1.82, 2.24) is 4.98 Å². The summed E-state index contributed by atoms with van der Waals surface area (Å²) in [6.45, 7) is 2.31. The van der Waals surface area contributed by atoms with Crippen LogP contribution in [0.15, 0.2) is 18.2 Å². The Morgan fingerprint density at radius 2 is 2.00 bits per heavy atom. The van der Waals surface area contributed by atoms with Gasteiger partial charge in [0.15, 0.2) is 0 Å². The number of aliphatic hydroxyl groups is 1. The second kappa shape index (κ2) is 6.19. The van der Waals surface area contributed by atoms with Gasteiger partial charge in [-0.05, 0) is 43.7 Å². The zero-order valence-electron chi connectivity index (χ0n) is 11.5. The maximum Gasteiger partial charge on any atom is 0.128 e. The Morgan fingerprint density at radius 3 is 2.61 bits per heavy atom. The molecule has 1 heterocycles. The van der Waals surface area contributed by atoms with E-state index in [9.17, 15) is 0 Å². The lowest BCUT2D eigenvalue weighted by atomic mass is 9.84. The van der Waals surface area contributed by atoms with E-state index in [1.165, 1.54) is 32.1 Å². The fourth-order valence-electron chi connectivity index (χ4n) is 2.88. The summed E-state index contributed by atoms with van der Waals surface area (Å²) < 4.78 is 0. The topological polar surface area (TPSA) is 36.4 Å². The number of rotatable bonds is 4. The average molecular weight is 248 g/mol. The molecule has 1 saturated carbocycles. The molecule has 3 nitrogen and oxygen atoms in total. The normalized spacial score (nSPS) is 23.9. The van der Waals surface area contributed by atoms with Crippen LogP contribution in [-0.2, 0) is 6.61 Å². The van der Waals surface area contributed by atoms with Crippen molar-refractivity contribution in [3.63, 3.8) is 0 Å². The highest BCUT2D eigenvalue weighted by Crippen LogP contribution is 2.30. The van der Waals surface area contributed by atoms with Crippen LogP contribution in [0, 0.1) is 5.92 Å². The lowest BCUT2D eigenvalue weighted by molar-refractivity contribution is 0.276. The van der Waals surface area contributed by atoms with Crippen LogP contribution < -0.4 is 4.90 Å². The van der Waals surface area contributed by atoms with Gasteiger partial charge in [0.2, 0.25) is 0 Å². The Kier molecular flexibility index (Phi) is 4.59. The SMILES string of the molecule is CCC1CCC(N(C)c2cccc(CO)n2)CC1. The van der Waals surface area contributed by atoms with E-state index in [1.807, 2.05) is 18.2 Å². The number of hydrogen-bond donors (Lipinski definition) is 1. The Morgan fingerprint density at radius 1 is 1.28 bits per heavy atom. The molecule has 0 amide bonds. The third-order valence-electron chi connectivity index (χ3n) is 4.26. The zero-order valence-corrected chi connectivity index (χ0v) is 11.5. The Labute approximate surface area is 110 Å². The number of aromatic nitrogens is 1. The first kappa shape index (κ1) is 13.3. The van der Waals surface area contributed by atoms with Crippen LogP contribution in [0.4, 0.5) is 5.82 Å². The third-order valence-corrected chi connectivity index (χ3v) is 4.26. The largest absolute Gasteiger partial charge is 0.390 e. The molecule has 3 heteroatoms. The molecule has 0 aliphatic heterocycles. The van der Waals surface area contributed by atoms with Crippen molar-refractivity contribution in [2.45, 2.75) is 51.7 Å². The van der Waals surface area contributed by atoms with Gasteiger partial charge in [-0.25, -0.2) is 4.98 Å². The van der Waals surface area contributed by atoms with Gasteiger partial charge < -0.3 is 10.0 Å². The fourth-order valence-corrected chi connectivity index (χ4v) is 2.88. The summed E-state index contributed by atoms with van der Waals surface area (Å²) in [5, 5.41) is 9.14. The standard InChI is InChI=1S/C15H24N2O/c1-3-12-7-9-14(10-8-12)17(2)15-6-4-5-13(11-18)16-15/h4-6,12,14,18H,3,7-11H2,1-2H3. The highest BCUT2D eigenvalue weighted by molar-refractivity contribution is 5.39. The van der Waals surface area contributed by atoms with Crippen LogP contribution in [0.25, 0.3) is 0 Å². The van der Waals surface area contributed by atoms with Crippen LogP contribution in [0.3, 0.4) is 0 Å². The van der Waals surface area contributed by atoms with E-state index in [2.05, 4.69) is 23.9 Å². The van der Waals surface area contributed by atoms with Crippen molar-refractivity contribution in [3.8, 4) is 0 Å². The van der Waals surface area contributed by atoms with E-state index in [-0.39, 0.29) is 6.61 Å². The van der Waals surface area contributed by atoms with E-state index >= 15 is 0 Å². The molecule has 0 saturated heterocycles. The summed E-state index contributed by atoms with van der Waals surface area (Å²) in [5.41, 5.74) is 0.751. The summed E-state index contributed by atoms with van der Waals surface area (Å²) >= 11 is 0. The van der Waals surface area contributed by atoms with Crippen LogP contribution in [0.2, 0.25) is 0 Å². The lowest BCUT2D eigenvalue weighted by Gasteiger charge is -2.35. The number of anilines is 1. The molecule has 100 valence electrons. The molecule has 1 aromatic rings. The van der Waals surface area contributed by atoms with Gasteiger partial charge in [-0.1, -0.05) is 19.4 Å². The molecular formula is C15H24N2O.